The van der Waals surface area contributed by atoms with E-state index in [4.69, 9.17) is 9.72 Å². The molecule has 3 unspecified atom stereocenters. The molecule has 0 radical (unpaired) electrons. The van der Waals surface area contributed by atoms with Crippen molar-refractivity contribution in [1.29, 1.82) is 0 Å². The van der Waals surface area contributed by atoms with Gasteiger partial charge >= 0.3 is 0 Å². The largest absolute Gasteiger partial charge is 0.381 e. The van der Waals surface area contributed by atoms with Crippen LogP contribution in [0.25, 0.3) is 0 Å². The second-order valence-electron chi connectivity index (χ2n) is 13.1. The SMILES string of the molecule is Cc1cccc(S(=O)C2CCCC(C(C)C(C)C(=O)N3Cc4nc(NC5CCOCC5)ncc4C3(C)C)CCC2)c1. The maximum absolute atomic E-state index is 14.0. The van der Waals surface area contributed by atoms with E-state index in [-0.39, 0.29) is 23.0 Å². The number of carbonyl (C=O) groups excluding carboxylic acids is 1. The molecule has 3 aliphatic rings. The molecule has 1 saturated heterocycles. The number of nitrogens with one attached hydrogen (secondary N) is 1. The first-order valence-electron chi connectivity index (χ1n) is 15.6. The molecule has 1 saturated carbocycles. The average molecular weight is 581 g/mol. The van der Waals surface area contributed by atoms with Crippen molar-refractivity contribution in [2.75, 3.05) is 18.5 Å². The highest BCUT2D eigenvalue weighted by Gasteiger charge is 2.44. The molecule has 224 valence electrons. The molecule has 3 atom stereocenters. The molecule has 3 heterocycles. The summed E-state index contributed by atoms with van der Waals surface area (Å²) in [6, 6.07) is 8.48. The van der Waals surface area contributed by atoms with Crippen LogP contribution in [0.2, 0.25) is 0 Å². The van der Waals surface area contributed by atoms with Crippen LogP contribution >= 0.6 is 0 Å². The molecule has 7 nitrogen and oxygen atoms in total. The van der Waals surface area contributed by atoms with Crippen molar-refractivity contribution in [2.24, 2.45) is 17.8 Å². The van der Waals surface area contributed by atoms with Crippen LogP contribution in [0, 0.1) is 24.7 Å². The van der Waals surface area contributed by atoms with Crippen LogP contribution in [0.3, 0.4) is 0 Å². The fourth-order valence-electron chi connectivity index (χ4n) is 7.04. The van der Waals surface area contributed by atoms with Crippen molar-refractivity contribution < 1.29 is 13.7 Å². The number of amides is 1. The van der Waals surface area contributed by atoms with Crippen LogP contribution in [0.4, 0.5) is 5.95 Å². The molecule has 1 aliphatic carbocycles. The lowest BCUT2D eigenvalue weighted by Crippen LogP contribution is -2.45. The predicted octanol–water partition coefficient (Wildman–Crippen LogP) is 6.37. The Morgan fingerprint density at radius 1 is 1.10 bits per heavy atom. The topological polar surface area (TPSA) is 84.4 Å². The molecule has 5 rings (SSSR count). The van der Waals surface area contributed by atoms with Gasteiger partial charge in [-0.2, -0.15) is 0 Å². The van der Waals surface area contributed by atoms with E-state index in [9.17, 15) is 9.00 Å². The number of hydrogen-bond donors (Lipinski definition) is 1. The van der Waals surface area contributed by atoms with Gasteiger partial charge < -0.3 is 15.0 Å². The highest BCUT2D eigenvalue weighted by Crippen LogP contribution is 2.41. The normalized spacial score (nSPS) is 25.4. The first-order valence-corrected chi connectivity index (χ1v) is 16.9. The highest BCUT2D eigenvalue weighted by atomic mass is 32.2. The van der Waals surface area contributed by atoms with Gasteiger partial charge in [0.15, 0.2) is 0 Å². The third-order valence-corrected chi connectivity index (χ3v) is 11.8. The van der Waals surface area contributed by atoms with Gasteiger partial charge in [-0.3, -0.25) is 9.00 Å². The molecule has 2 fully saturated rings. The zero-order chi connectivity index (χ0) is 29.1. The Bertz CT molecular complexity index is 1230. The summed E-state index contributed by atoms with van der Waals surface area (Å²) in [6.45, 7) is 12.7. The molecule has 8 heteroatoms. The van der Waals surface area contributed by atoms with Gasteiger partial charge in [0.2, 0.25) is 11.9 Å². The second kappa shape index (κ2) is 12.9. The molecule has 1 amide bonds. The van der Waals surface area contributed by atoms with Crippen LogP contribution in [0.5, 0.6) is 0 Å². The van der Waals surface area contributed by atoms with Gasteiger partial charge in [0.05, 0.1) is 28.6 Å². The van der Waals surface area contributed by atoms with Gasteiger partial charge in [-0.25, -0.2) is 9.97 Å². The lowest BCUT2D eigenvalue weighted by molar-refractivity contribution is -0.143. The summed E-state index contributed by atoms with van der Waals surface area (Å²) in [6.07, 6.45) is 10.1. The molecule has 1 aromatic heterocycles. The molecule has 0 spiro atoms. The zero-order valence-corrected chi connectivity index (χ0v) is 26.3. The van der Waals surface area contributed by atoms with Gasteiger partial charge in [-0.1, -0.05) is 51.7 Å². The lowest BCUT2D eigenvalue weighted by atomic mass is 9.76. The molecule has 41 heavy (non-hydrogen) atoms. The number of carbonyl (C=O) groups is 1. The van der Waals surface area contributed by atoms with Crippen molar-refractivity contribution in [3.63, 3.8) is 0 Å². The maximum atomic E-state index is 14.0. The lowest BCUT2D eigenvalue weighted by Gasteiger charge is -2.37. The van der Waals surface area contributed by atoms with E-state index in [1.54, 1.807) is 0 Å². The van der Waals surface area contributed by atoms with Gasteiger partial charge in [-0.05, 0) is 76.0 Å². The summed E-state index contributed by atoms with van der Waals surface area (Å²) in [5.74, 6) is 1.58. The van der Waals surface area contributed by atoms with Crippen molar-refractivity contribution >= 4 is 22.7 Å². The summed E-state index contributed by atoms with van der Waals surface area (Å²) in [4.78, 5) is 26.5. The Hall–Kier alpha value is -2.32. The number of fused-ring (bicyclic) bond motifs is 1. The summed E-state index contributed by atoms with van der Waals surface area (Å²) in [5, 5.41) is 3.70. The molecular formula is C33H48N4O3S. The smallest absolute Gasteiger partial charge is 0.226 e. The number of anilines is 1. The van der Waals surface area contributed by atoms with E-state index in [1.807, 2.05) is 23.2 Å². The predicted molar refractivity (Wildman–Crippen MR) is 164 cm³/mol. The third kappa shape index (κ3) is 6.69. The number of ether oxygens (including phenoxy) is 1. The van der Waals surface area contributed by atoms with E-state index in [0.29, 0.717) is 24.5 Å². The van der Waals surface area contributed by atoms with Crippen molar-refractivity contribution in [3.8, 4) is 0 Å². The van der Waals surface area contributed by atoms with Crippen LogP contribution in [-0.4, -0.2) is 49.5 Å². The van der Waals surface area contributed by atoms with Gasteiger partial charge in [0.25, 0.3) is 0 Å². The van der Waals surface area contributed by atoms with E-state index in [1.165, 1.54) is 0 Å². The van der Waals surface area contributed by atoms with Crippen molar-refractivity contribution in [2.45, 2.75) is 114 Å². The first-order chi connectivity index (χ1) is 19.6. The minimum absolute atomic E-state index is 0.0713. The Kier molecular flexibility index (Phi) is 9.49. The fraction of sp³-hybridized carbons (Fsp3) is 0.667. The minimum Gasteiger partial charge on any atom is -0.381 e. The Balaban J connectivity index is 1.19. The quantitative estimate of drug-likeness (QED) is 0.410. The standard InChI is InChI=1S/C33H48N4O3S/c1-22-9-6-14-28(19-22)41(39)27-12-7-10-25(11-8-13-27)23(2)24(3)31(38)37-21-30-29(33(37,4)5)20-34-32(36-30)35-26-15-17-40-18-16-26/h6,9,14,19-20,23-27H,7-8,10-13,15-18,21H2,1-5H3,(H,34,35,36). The monoisotopic (exact) mass is 580 g/mol. The number of nitrogens with zero attached hydrogens (tertiary/aromatic N) is 3. The Morgan fingerprint density at radius 3 is 2.49 bits per heavy atom. The average Bonchev–Trinajstić information content (AvgIpc) is 3.21. The molecule has 0 bridgehead atoms. The summed E-state index contributed by atoms with van der Waals surface area (Å²) < 4.78 is 18.8. The van der Waals surface area contributed by atoms with Crippen LogP contribution in [0.1, 0.15) is 95.9 Å². The van der Waals surface area contributed by atoms with Gasteiger partial charge in [0, 0.05) is 47.1 Å². The molecule has 1 aromatic carbocycles. The maximum Gasteiger partial charge on any atom is 0.226 e. The zero-order valence-electron chi connectivity index (χ0n) is 25.5. The summed E-state index contributed by atoms with van der Waals surface area (Å²) in [7, 11) is -0.953. The number of rotatable bonds is 7. The van der Waals surface area contributed by atoms with E-state index >= 15 is 0 Å². The highest BCUT2D eigenvalue weighted by molar-refractivity contribution is 7.85. The number of aromatic nitrogens is 2. The van der Waals surface area contributed by atoms with Crippen molar-refractivity contribution in [3.05, 3.63) is 47.3 Å². The Labute approximate surface area is 248 Å². The summed E-state index contributed by atoms with van der Waals surface area (Å²) >= 11 is 0. The first kappa shape index (κ1) is 30.1. The fourth-order valence-corrected chi connectivity index (χ4v) is 8.71. The third-order valence-electron chi connectivity index (χ3n) is 9.98. The van der Waals surface area contributed by atoms with E-state index < -0.39 is 16.3 Å². The summed E-state index contributed by atoms with van der Waals surface area (Å²) in [5.41, 5.74) is 2.72. The van der Waals surface area contributed by atoms with Gasteiger partial charge in [0.1, 0.15) is 0 Å². The number of benzene rings is 1. The molecule has 2 aromatic rings. The van der Waals surface area contributed by atoms with Gasteiger partial charge in [-0.15, -0.1) is 0 Å². The molecule has 1 N–H and O–H groups in total. The number of aryl methyl sites for hydroxylation is 1. The van der Waals surface area contributed by atoms with E-state index in [2.05, 4.69) is 57.1 Å². The minimum atomic E-state index is -0.953. The van der Waals surface area contributed by atoms with Crippen LogP contribution in [0.15, 0.2) is 35.4 Å². The second-order valence-corrected chi connectivity index (χ2v) is 14.8. The number of hydrogen-bond acceptors (Lipinski definition) is 6. The van der Waals surface area contributed by atoms with E-state index in [0.717, 1.165) is 86.3 Å². The van der Waals surface area contributed by atoms with Crippen molar-refractivity contribution in [1.82, 2.24) is 14.9 Å². The molecular weight excluding hydrogens is 532 g/mol. The molecule has 2 aliphatic heterocycles. The van der Waals surface area contributed by atoms with Crippen LogP contribution in [-0.2, 0) is 32.4 Å². The van der Waals surface area contributed by atoms with Crippen LogP contribution < -0.4 is 5.32 Å². The Morgan fingerprint density at radius 2 is 1.80 bits per heavy atom.